The number of Topliss-reactive ketones (excluding diaryl/α,β-unsaturated/α-hetero) is 1. The van der Waals surface area contributed by atoms with Crippen molar-refractivity contribution in [1.82, 2.24) is 0 Å². The van der Waals surface area contributed by atoms with E-state index in [4.69, 9.17) is 4.52 Å². The van der Waals surface area contributed by atoms with Crippen LogP contribution in [0, 0.1) is 0 Å². The molecule has 0 N–H and O–H groups in total. The summed E-state index contributed by atoms with van der Waals surface area (Å²) in [6.07, 6.45) is 0.211. The van der Waals surface area contributed by atoms with Crippen molar-refractivity contribution in [3.8, 4) is 5.75 Å². The van der Waals surface area contributed by atoms with Gasteiger partial charge in [-0.1, -0.05) is 0 Å². The van der Waals surface area contributed by atoms with Gasteiger partial charge in [-0.15, -0.1) is 0 Å². The van der Waals surface area contributed by atoms with E-state index in [1.807, 2.05) is 115 Å². The van der Waals surface area contributed by atoms with Crippen molar-refractivity contribution in [2.45, 2.75) is 0 Å². The van der Waals surface area contributed by atoms with E-state index in [1.54, 1.807) is 0 Å². The summed E-state index contributed by atoms with van der Waals surface area (Å²) in [7, 11) is 0. The second-order valence-electron chi connectivity index (χ2n) is 8.57. The number of para-hydroxylation sites is 1. The summed E-state index contributed by atoms with van der Waals surface area (Å²) in [5, 5.41) is 3.05. The van der Waals surface area contributed by atoms with Gasteiger partial charge in [-0.25, -0.2) is 0 Å². The molecule has 0 aliphatic rings. The second-order valence-corrected chi connectivity index (χ2v) is 13.0. The zero-order chi connectivity index (χ0) is 24.0. The summed E-state index contributed by atoms with van der Waals surface area (Å²) in [4.78, 5) is 14.1. The summed E-state index contributed by atoms with van der Waals surface area (Å²) in [5.74, 6) is 0.790. The molecular formula is C32H27O2P. The van der Waals surface area contributed by atoms with Gasteiger partial charge in [0.05, 0.1) is 0 Å². The molecular weight excluding hydrogens is 447 g/mol. The Kier molecular flexibility index (Phi) is 6.31. The number of benzene rings is 5. The van der Waals surface area contributed by atoms with Gasteiger partial charge in [0.1, 0.15) is 0 Å². The number of carbonyl (C=O) groups is 1. The van der Waals surface area contributed by atoms with Crippen LogP contribution in [0.25, 0.3) is 0 Å². The molecule has 0 amide bonds. The van der Waals surface area contributed by atoms with E-state index in [1.165, 1.54) is 0 Å². The Morgan fingerprint density at radius 1 is 0.486 bits per heavy atom. The van der Waals surface area contributed by atoms with E-state index in [9.17, 15) is 4.79 Å². The molecule has 5 aromatic carbocycles. The zero-order valence-corrected chi connectivity index (χ0v) is 20.3. The fourth-order valence-electron chi connectivity index (χ4n) is 4.84. The van der Waals surface area contributed by atoms with Gasteiger partial charge in [-0.05, 0) is 0 Å². The fourth-order valence-corrected chi connectivity index (χ4v) is 10.4. The first-order valence-corrected chi connectivity index (χ1v) is 14.1. The summed E-state index contributed by atoms with van der Waals surface area (Å²) >= 11 is 0. The molecule has 0 aromatic heterocycles. The molecule has 0 atom stereocenters. The molecule has 0 radical (unpaired) electrons. The van der Waals surface area contributed by atoms with E-state index < -0.39 is 6.83 Å². The molecule has 3 heteroatoms. The molecule has 35 heavy (non-hydrogen) atoms. The average molecular weight is 475 g/mol. The van der Waals surface area contributed by atoms with Gasteiger partial charge < -0.3 is 0 Å². The van der Waals surface area contributed by atoms with Crippen molar-refractivity contribution in [2.24, 2.45) is 0 Å². The van der Waals surface area contributed by atoms with E-state index in [0.29, 0.717) is 5.56 Å². The Labute approximate surface area is 206 Å². The molecule has 0 bridgehead atoms. The number of ketones is 1. The second kappa shape index (κ2) is 9.70. The minimum atomic E-state index is -3.84. The first-order chi connectivity index (χ1) is 17.2. The van der Waals surface area contributed by atoms with Gasteiger partial charge in [-0.2, -0.15) is 0 Å². The third kappa shape index (κ3) is 4.07. The number of hydrogen-bond donors (Lipinski definition) is 0. The number of rotatable bonds is 8. The van der Waals surface area contributed by atoms with E-state index >= 15 is 0 Å². The molecule has 0 heterocycles. The molecule has 0 aliphatic carbocycles. The van der Waals surface area contributed by atoms with Crippen LogP contribution in [0.2, 0.25) is 0 Å². The first kappa shape index (κ1) is 22.8. The molecule has 0 unspecified atom stereocenters. The standard InChI is InChI=1S/C32H27O2P/c33-32(27-16-6-1-7-17-27)26-35(29-20-10-3-11-21-29,30-22-12-4-13-23-30,31-24-14-5-15-25-31)34-28-18-8-2-9-19-28/h1-25H,26H2. The molecule has 0 fully saturated rings. The van der Waals surface area contributed by atoms with Gasteiger partial charge >= 0.3 is 207 Å². The molecule has 5 rings (SSSR count). The average Bonchev–Trinajstić information content (AvgIpc) is 2.95. The van der Waals surface area contributed by atoms with E-state index in [2.05, 4.69) is 36.4 Å². The minimum absolute atomic E-state index is 0.0516. The molecule has 0 saturated heterocycles. The summed E-state index contributed by atoms with van der Waals surface area (Å²) in [5.41, 5.74) is 0.681. The van der Waals surface area contributed by atoms with Crippen molar-refractivity contribution >= 4 is 28.5 Å². The first-order valence-electron chi connectivity index (χ1n) is 11.7. The van der Waals surface area contributed by atoms with Crippen molar-refractivity contribution in [3.63, 3.8) is 0 Å². The van der Waals surface area contributed by atoms with Crippen LogP contribution in [-0.2, 0) is 0 Å². The predicted octanol–water partition coefficient (Wildman–Crippen LogP) is 6.39. The maximum atomic E-state index is 14.1. The van der Waals surface area contributed by atoms with E-state index in [-0.39, 0.29) is 11.9 Å². The van der Waals surface area contributed by atoms with Crippen molar-refractivity contribution in [1.29, 1.82) is 0 Å². The molecule has 0 saturated carbocycles. The van der Waals surface area contributed by atoms with E-state index in [0.717, 1.165) is 21.7 Å². The normalized spacial score (nSPS) is 12.3. The van der Waals surface area contributed by atoms with Gasteiger partial charge in [-0.3, -0.25) is 0 Å². The molecule has 2 nitrogen and oxygen atoms in total. The van der Waals surface area contributed by atoms with Gasteiger partial charge in [0.2, 0.25) is 0 Å². The predicted molar refractivity (Wildman–Crippen MR) is 148 cm³/mol. The Hall–Kier alpha value is -4.00. The van der Waals surface area contributed by atoms with Gasteiger partial charge in [0.15, 0.2) is 0 Å². The Morgan fingerprint density at radius 3 is 1.23 bits per heavy atom. The molecule has 5 aromatic rings. The van der Waals surface area contributed by atoms with Crippen LogP contribution in [-0.4, -0.2) is 11.9 Å². The maximum absolute atomic E-state index is 14.1. The Morgan fingerprint density at radius 2 is 0.829 bits per heavy atom. The van der Waals surface area contributed by atoms with Crippen LogP contribution in [0.5, 0.6) is 5.75 Å². The Balaban J connectivity index is 1.91. The van der Waals surface area contributed by atoms with Crippen LogP contribution >= 0.6 is 6.83 Å². The molecule has 0 spiro atoms. The van der Waals surface area contributed by atoms with Crippen molar-refractivity contribution < 1.29 is 9.32 Å². The van der Waals surface area contributed by atoms with Gasteiger partial charge in [0.25, 0.3) is 0 Å². The monoisotopic (exact) mass is 474 g/mol. The third-order valence-electron chi connectivity index (χ3n) is 6.50. The van der Waals surface area contributed by atoms with Crippen molar-refractivity contribution in [3.05, 3.63) is 157 Å². The SMILES string of the molecule is O=C(CP(Oc1ccccc1)(c1ccccc1)(c1ccccc1)c1ccccc1)c1ccccc1. The van der Waals surface area contributed by atoms with Crippen LogP contribution in [0.1, 0.15) is 10.4 Å². The fraction of sp³-hybridized carbons (Fsp3) is 0.0312. The third-order valence-corrected chi connectivity index (χ3v) is 12.2. The number of carbonyl (C=O) groups excluding carboxylic acids is 1. The molecule has 0 aliphatic heterocycles. The quantitative estimate of drug-likeness (QED) is 0.192. The number of hydrogen-bond acceptors (Lipinski definition) is 2. The zero-order valence-electron chi connectivity index (χ0n) is 19.4. The summed E-state index contributed by atoms with van der Waals surface area (Å²) in [6.45, 7) is -3.84. The Bertz CT molecular complexity index is 1290. The van der Waals surface area contributed by atoms with Crippen molar-refractivity contribution in [2.75, 3.05) is 6.16 Å². The van der Waals surface area contributed by atoms with Crippen LogP contribution in [0.4, 0.5) is 0 Å². The topological polar surface area (TPSA) is 26.3 Å². The van der Waals surface area contributed by atoms with Crippen LogP contribution in [0.3, 0.4) is 0 Å². The summed E-state index contributed by atoms with van der Waals surface area (Å²) in [6, 6.07) is 50.3. The van der Waals surface area contributed by atoms with Crippen LogP contribution in [0.15, 0.2) is 152 Å². The summed E-state index contributed by atoms with van der Waals surface area (Å²) < 4.78 is 7.35. The van der Waals surface area contributed by atoms with Crippen LogP contribution < -0.4 is 20.4 Å². The van der Waals surface area contributed by atoms with Gasteiger partial charge in [0, 0.05) is 0 Å². The molecule has 172 valence electrons.